The van der Waals surface area contributed by atoms with E-state index in [1.807, 2.05) is 36.1 Å². The summed E-state index contributed by atoms with van der Waals surface area (Å²) >= 11 is 0. The zero-order valence-electron chi connectivity index (χ0n) is 15.9. The van der Waals surface area contributed by atoms with Gasteiger partial charge >= 0.3 is 0 Å². The number of H-pyrrole nitrogens is 1. The predicted octanol–water partition coefficient (Wildman–Crippen LogP) is 2.80. The summed E-state index contributed by atoms with van der Waals surface area (Å²) in [5, 5.41) is 14.4. The van der Waals surface area contributed by atoms with Crippen molar-refractivity contribution < 1.29 is 14.5 Å². The molecule has 9 nitrogen and oxygen atoms in total. The number of benzene rings is 2. The molecule has 1 aliphatic rings. The highest BCUT2D eigenvalue weighted by atomic mass is 16.6. The molecular formula is C20H21N5O4. The van der Waals surface area contributed by atoms with Crippen LogP contribution in [-0.2, 0) is 4.74 Å². The molecule has 0 spiro atoms. The molecule has 0 radical (unpaired) electrons. The molecule has 1 aliphatic heterocycles. The number of carbonyl (C=O) groups is 1. The third-order valence-corrected chi connectivity index (χ3v) is 4.95. The highest BCUT2D eigenvalue weighted by Gasteiger charge is 2.24. The molecule has 1 unspecified atom stereocenters. The van der Waals surface area contributed by atoms with Crippen LogP contribution in [-0.4, -0.2) is 47.1 Å². The largest absolute Gasteiger partial charge is 0.378 e. The molecule has 3 aromatic rings. The summed E-state index contributed by atoms with van der Waals surface area (Å²) < 4.78 is 5.31. The smallest absolute Gasteiger partial charge is 0.293 e. The van der Waals surface area contributed by atoms with Crippen molar-refractivity contribution >= 4 is 28.3 Å². The molecular weight excluding hydrogens is 374 g/mol. The molecule has 29 heavy (non-hydrogen) atoms. The average molecular weight is 395 g/mol. The van der Waals surface area contributed by atoms with E-state index in [0.29, 0.717) is 37.8 Å². The first kappa shape index (κ1) is 18.9. The summed E-state index contributed by atoms with van der Waals surface area (Å²) in [6, 6.07) is 11.8. The van der Waals surface area contributed by atoms with E-state index in [1.54, 1.807) is 12.1 Å². The molecule has 2 N–H and O–H groups in total. The Balaban J connectivity index is 1.54. The van der Waals surface area contributed by atoms with E-state index in [9.17, 15) is 14.9 Å². The maximum Gasteiger partial charge on any atom is 0.293 e. The Bertz CT molecular complexity index is 1020. The van der Waals surface area contributed by atoms with Crippen LogP contribution in [0.2, 0.25) is 0 Å². The summed E-state index contributed by atoms with van der Waals surface area (Å²) in [4.78, 5) is 33.4. The van der Waals surface area contributed by atoms with Gasteiger partial charge in [0.1, 0.15) is 11.5 Å². The van der Waals surface area contributed by atoms with Gasteiger partial charge in [-0.3, -0.25) is 14.9 Å². The van der Waals surface area contributed by atoms with Gasteiger partial charge < -0.3 is 19.9 Å². The second kappa shape index (κ2) is 7.88. The maximum absolute atomic E-state index is 12.7. The number of carbonyl (C=O) groups excluding carboxylic acids is 1. The third kappa shape index (κ3) is 3.90. The van der Waals surface area contributed by atoms with Gasteiger partial charge in [0.15, 0.2) is 0 Å². The van der Waals surface area contributed by atoms with Gasteiger partial charge in [-0.2, -0.15) is 0 Å². The van der Waals surface area contributed by atoms with Crippen LogP contribution < -0.4 is 10.2 Å². The number of anilines is 1. The molecule has 2 heterocycles. The van der Waals surface area contributed by atoms with E-state index in [-0.39, 0.29) is 17.3 Å². The van der Waals surface area contributed by atoms with Gasteiger partial charge in [-0.15, -0.1) is 0 Å². The van der Waals surface area contributed by atoms with Crippen molar-refractivity contribution in [1.82, 2.24) is 15.3 Å². The number of nitro groups is 1. The number of ether oxygens (including phenoxy) is 1. The highest BCUT2D eigenvalue weighted by molar-refractivity contribution is 5.96. The van der Waals surface area contributed by atoms with E-state index in [0.717, 1.165) is 11.0 Å². The molecule has 1 saturated heterocycles. The molecule has 1 atom stereocenters. The number of nitrogens with zero attached hydrogens (tertiary/aromatic N) is 3. The van der Waals surface area contributed by atoms with Crippen LogP contribution in [0.1, 0.15) is 29.1 Å². The summed E-state index contributed by atoms with van der Waals surface area (Å²) in [5.74, 6) is 0.230. The van der Waals surface area contributed by atoms with Crippen LogP contribution in [0.25, 0.3) is 11.0 Å². The number of rotatable bonds is 5. The minimum Gasteiger partial charge on any atom is -0.378 e. The van der Waals surface area contributed by atoms with Crippen LogP contribution in [0.15, 0.2) is 42.5 Å². The first-order valence-corrected chi connectivity index (χ1v) is 9.39. The van der Waals surface area contributed by atoms with Crippen molar-refractivity contribution in [3.8, 4) is 0 Å². The number of aromatic nitrogens is 2. The van der Waals surface area contributed by atoms with Gasteiger partial charge in [-0.25, -0.2) is 4.98 Å². The number of hydrogen-bond donors (Lipinski definition) is 2. The minimum absolute atomic E-state index is 0.0871. The second-order valence-corrected chi connectivity index (χ2v) is 6.89. The fourth-order valence-corrected chi connectivity index (χ4v) is 3.41. The lowest BCUT2D eigenvalue weighted by Crippen LogP contribution is -2.36. The SMILES string of the molecule is CC(NC(=O)c1ccc(N2CCOCC2)c([N+](=O)[O-])c1)c1nc2ccccc2[nH]1. The summed E-state index contributed by atoms with van der Waals surface area (Å²) in [7, 11) is 0. The molecule has 1 fully saturated rings. The van der Waals surface area contributed by atoms with Crippen molar-refractivity contribution in [2.75, 3.05) is 31.2 Å². The fraction of sp³-hybridized carbons (Fsp3) is 0.300. The molecule has 9 heteroatoms. The Morgan fingerprint density at radius 2 is 2.03 bits per heavy atom. The Hall–Kier alpha value is -3.46. The van der Waals surface area contributed by atoms with Gasteiger partial charge in [-0.05, 0) is 31.2 Å². The Labute approximate surface area is 166 Å². The lowest BCUT2D eigenvalue weighted by molar-refractivity contribution is -0.384. The van der Waals surface area contributed by atoms with Crippen molar-refractivity contribution in [3.05, 3.63) is 64.0 Å². The van der Waals surface area contributed by atoms with Gasteiger partial charge in [0.25, 0.3) is 11.6 Å². The number of amides is 1. The lowest BCUT2D eigenvalue weighted by Gasteiger charge is -2.28. The van der Waals surface area contributed by atoms with Gasteiger partial charge in [-0.1, -0.05) is 12.1 Å². The molecule has 0 saturated carbocycles. The van der Waals surface area contributed by atoms with E-state index in [2.05, 4.69) is 15.3 Å². The maximum atomic E-state index is 12.7. The highest BCUT2D eigenvalue weighted by Crippen LogP contribution is 2.30. The van der Waals surface area contributed by atoms with Crippen molar-refractivity contribution in [1.29, 1.82) is 0 Å². The normalized spacial score (nSPS) is 15.3. The second-order valence-electron chi connectivity index (χ2n) is 6.89. The number of hydrogen-bond acceptors (Lipinski definition) is 6. The molecule has 1 amide bonds. The summed E-state index contributed by atoms with van der Waals surface area (Å²) in [6.07, 6.45) is 0. The Kier molecular flexibility index (Phi) is 5.13. The van der Waals surface area contributed by atoms with Crippen molar-refractivity contribution in [2.45, 2.75) is 13.0 Å². The summed E-state index contributed by atoms with van der Waals surface area (Å²) in [5.41, 5.74) is 2.34. The zero-order chi connectivity index (χ0) is 20.4. The number of morpholine rings is 1. The third-order valence-electron chi connectivity index (χ3n) is 4.95. The van der Waals surface area contributed by atoms with Crippen LogP contribution in [0.3, 0.4) is 0 Å². The quantitative estimate of drug-likeness (QED) is 0.507. The number of nitrogens with one attached hydrogen (secondary N) is 2. The number of fused-ring (bicyclic) bond motifs is 1. The monoisotopic (exact) mass is 395 g/mol. The van der Waals surface area contributed by atoms with E-state index in [1.165, 1.54) is 6.07 Å². The van der Waals surface area contributed by atoms with Crippen LogP contribution in [0.5, 0.6) is 0 Å². The van der Waals surface area contributed by atoms with Crippen LogP contribution in [0.4, 0.5) is 11.4 Å². The van der Waals surface area contributed by atoms with E-state index < -0.39 is 10.8 Å². The topological polar surface area (TPSA) is 113 Å². The van der Waals surface area contributed by atoms with E-state index in [4.69, 9.17) is 4.74 Å². The Morgan fingerprint density at radius 3 is 2.76 bits per heavy atom. The molecule has 150 valence electrons. The van der Waals surface area contributed by atoms with Crippen LogP contribution >= 0.6 is 0 Å². The first-order valence-electron chi connectivity index (χ1n) is 9.39. The number of aromatic amines is 1. The summed E-state index contributed by atoms with van der Waals surface area (Å²) in [6.45, 7) is 4.01. The molecule has 4 rings (SSSR count). The van der Waals surface area contributed by atoms with Gasteiger partial charge in [0, 0.05) is 24.7 Å². The first-order chi connectivity index (χ1) is 14.0. The lowest BCUT2D eigenvalue weighted by atomic mass is 10.1. The van der Waals surface area contributed by atoms with E-state index >= 15 is 0 Å². The van der Waals surface area contributed by atoms with Gasteiger partial charge in [0.05, 0.1) is 35.2 Å². The fourth-order valence-electron chi connectivity index (χ4n) is 3.41. The standard InChI is InChI=1S/C20H21N5O4/c1-13(19-22-15-4-2-3-5-16(15)23-19)21-20(26)14-6-7-17(18(12-14)25(27)28)24-8-10-29-11-9-24/h2-7,12-13H,8-11H2,1H3,(H,21,26)(H,22,23). The van der Waals surface area contributed by atoms with Crippen molar-refractivity contribution in [2.24, 2.45) is 0 Å². The average Bonchev–Trinajstić information content (AvgIpc) is 3.18. The number of imidazole rings is 1. The zero-order valence-corrected chi connectivity index (χ0v) is 15.9. The van der Waals surface area contributed by atoms with Crippen LogP contribution in [0, 0.1) is 10.1 Å². The van der Waals surface area contributed by atoms with Gasteiger partial charge in [0.2, 0.25) is 0 Å². The Morgan fingerprint density at radius 1 is 1.28 bits per heavy atom. The predicted molar refractivity (Wildman–Crippen MR) is 108 cm³/mol. The molecule has 1 aromatic heterocycles. The molecule has 2 aromatic carbocycles. The molecule has 0 bridgehead atoms. The minimum atomic E-state index is -0.454. The number of para-hydroxylation sites is 2. The number of nitro benzene ring substituents is 1. The molecule has 0 aliphatic carbocycles. The van der Waals surface area contributed by atoms with Crippen molar-refractivity contribution in [3.63, 3.8) is 0 Å².